The molecule has 2 aromatic carbocycles. The van der Waals surface area contributed by atoms with Crippen LogP contribution in [0, 0.1) is 0 Å². The van der Waals surface area contributed by atoms with Crippen molar-refractivity contribution >= 4 is 23.2 Å². The number of methoxy groups -OCH3 is 1. The van der Waals surface area contributed by atoms with Crippen LogP contribution < -0.4 is 4.74 Å². The summed E-state index contributed by atoms with van der Waals surface area (Å²) in [5.74, 6) is 0.770. The molecule has 0 spiro atoms. The van der Waals surface area contributed by atoms with Gasteiger partial charge in [0.15, 0.2) is 0 Å². The minimum atomic E-state index is -0.0480. The topological polar surface area (TPSA) is 29.5 Å². The summed E-state index contributed by atoms with van der Waals surface area (Å²) in [5.41, 5.74) is 2.03. The van der Waals surface area contributed by atoms with Gasteiger partial charge in [0.05, 0.1) is 13.7 Å². The molecule has 1 atom stereocenters. The maximum atomic E-state index is 9.62. The minimum Gasteiger partial charge on any atom is -0.497 e. The molecule has 1 N–H and O–H groups in total. The van der Waals surface area contributed by atoms with E-state index in [1.54, 1.807) is 19.2 Å². The molecule has 4 heteroatoms. The Bertz CT molecular complexity index is 567. The van der Waals surface area contributed by atoms with E-state index in [1.807, 2.05) is 30.3 Å². The van der Waals surface area contributed by atoms with Crippen LogP contribution in [0.15, 0.2) is 42.5 Å². The van der Waals surface area contributed by atoms with Crippen LogP contribution in [-0.2, 0) is 6.42 Å². The number of ether oxygens (including phenoxy) is 1. The van der Waals surface area contributed by atoms with E-state index in [0.717, 1.165) is 16.9 Å². The molecule has 0 aromatic heterocycles. The lowest BCUT2D eigenvalue weighted by atomic mass is 9.92. The van der Waals surface area contributed by atoms with E-state index in [2.05, 4.69) is 0 Å². The van der Waals surface area contributed by atoms with Gasteiger partial charge in [-0.25, -0.2) is 0 Å². The average Bonchev–Trinajstić information content (AvgIpc) is 2.46. The second kappa shape index (κ2) is 6.98. The van der Waals surface area contributed by atoms with E-state index < -0.39 is 0 Å². The van der Waals surface area contributed by atoms with Gasteiger partial charge in [0.2, 0.25) is 0 Å². The van der Waals surface area contributed by atoms with E-state index in [9.17, 15) is 5.11 Å². The number of rotatable bonds is 5. The highest BCUT2D eigenvalue weighted by molar-refractivity contribution is 6.35. The molecule has 20 heavy (non-hydrogen) atoms. The van der Waals surface area contributed by atoms with Gasteiger partial charge >= 0.3 is 0 Å². The Morgan fingerprint density at radius 1 is 1.10 bits per heavy atom. The molecule has 0 saturated heterocycles. The molecule has 2 aromatic rings. The Kier molecular flexibility index (Phi) is 5.30. The highest BCUT2D eigenvalue weighted by Crippen LogP contribution is 2.30. The molecule has 2 nitrogen and oxygen atoms in total. The largest absolute Gasteiger partial charge is 0.497 e. The third-order valence-electron chi connectivity index (χ3n) is 3.26. The van der Waals surface area contributed by atoms with E-state index in [-0.39, 0.29) is 12.5 Å². The quantitative estimate of drug-likeness (QED) is 0.891. The SMILES string of the molecule is COc1ccc(C[C@@H](CO)c2ccc(Cl)cc2Cl)cc1. The molecule has 2 rings (SSSR count). The van der Waals surface area contributed by atoms with Gasteiger partial charge in [-0.15, -0.1) is 0 Å². The van der Waals surface area contributed by atoms with Gasteiger partial charge in [0, 0.05) is 16.0 Å². The van der Waals surface area contributed by atoms with Crippen molar-refractivity contribution in [1.82, 2.24) is 0 Å². The summed E-state index contributed by atoms with van der Waals surface area (Å²) in [6, 6.07) is 13.2. The Morgan fingerprint density at radius 3 is 2.35 bits per heavy atom. The van der Waals surface area contributed by atoms with Crippen LogP contribution in [0.2, 0.25) is 10.0 Å². The maximum Gasteiger partial charge on any atom is 0.118 e. The molecule has 0 unspecified atom stereocenters. The van der Waals surface area contributed by atoms with Gasteiger partial charge in [-0.1, -0.05) is 41.4 Å². The number of hydrogen-bond acceptors (Lipinski definition) is 2. The van der Waals surface area contributed by atoms with Gasteiger partial charge in [-0.3, -0.25) is 0 Å². The van der Waals surface area contributed by atoms with E-state index in [4.69, 9.17) is 27.9 Å². The Balaban J connectivity index is 2.19. The number of hydrogen-bond donors (Lipinski definition) is 1. The van der Waals surface area contributed by atoms with Crippen LogP contribution in [0.1, 0.15) is 17.0 Å². The van der Waals surface area contributed by atoms with E-state index in [0.29, 0.717) is 16.5 Å². The van der Waals surface area contributed by atoms with Crippen LogP contribution in [0.25, 0.3) is 0 Å². The number of aliphatic hydroxyl groups is 1. The van der Waals surface area contributed by atoms with Crippen molar-refractivity contribution in [2.75, 3.05) is 13.7 Å². The molecule has 0 bridgehead atoms. The fourth-order valence-electron chi connectivity index (χ4n) is 2.15. The summed E-state index contributed by atoms with van der Waals surface area (Å²) in [7, 11) is 1.64. The van der Waals surface area contributed by atoms with Crippen LogP contribution in [0.4, 0.5) is 0 Å². The van der Waals surface area contributed by atoms with Crippen molar-refractivity contribution in [3.05, 3.63) is 63.6 Å². The van der Waals surface area contributed by atoms with E-state index in [1.165, 1.54) is 0 Å². The lowest BCUT2D eigenvalue weighted by molar-refractivity contribution is 0.264. The molecule has 0 heterocycles. The molecule has 0 amide bonds. The van der Waals surface area contributed by atoms with Gasteiger partial charge in [0.25, 0.3) is 0 Å². The molecule has 0 fully saturated rings. The van der Waals surface area contributed by atoms with Crippen LogP contribution in [0.5, 0.6) is 5.75 Å². The Hall–Kier alpha value is -1.22. The smallest absolute Gasteiger partial charge is 0.118 e. The van der Waals surface area contributed by atoms with Crippen molar-refractivity contribution < 1.29 is 9.84 Å². The summed E-state index contributed by atoms with van der Waals surface area (Å²) in [6.07, 6.45) is 0.710. The minimum absolute atomic E-state index is 0.0351. The summed E-state index contributed by atoms with van der Waals surface area (Å²) >= 11 is 12.1. The van der Waals surface area contributed by atoms with Gasteiger partial charge < -0.3 is 9.84 Å². The van der Waals surface area contributed by atoms with Gasteiger partial charge in [0.1, 0.15) is 5.75 Å². The molecular weight excluding hydrogens is 295 g/mol. The first kappa shape index (κ1) is 15.2. The summed E-state index contributed by atoms with van der Waals surface area (Å²) in [6.45, 7) is 0.0351. The van der Waals surface area contributed by atoms with E-state index >= 15 is 0 Å². The highest BCUT2D eigenvalue weighted by Gasteiger charge is 2.15. The summed E-state index contributed by atoms with van der Waals surface area (Å²) < 4.78 is 5.13. The lowest BCUT2D eigenvalue weighted by Gasteiger charge is -2.16. The first-order valence-corrected chi connectivity index (χ1v) is 7.08. The Morgan fingerprint density at radius 2 is 1.80 bits per heavy atom. The fourth-order valence-corrected chi connectivity index (χ4v) is 2.71. The zero-order valence-electron chi connectivity index (χ0n) is 11.1. The van der Waals surface area contributed by atoms with Gasteiger partial charge in [-0.2, -0.15) is 0 Å². The average molecular weight is 311 g/mol. The zero-order chi connectivity index (χ0) is 14.5. The maximum absolute atomic E-state index is 9.62. The van der Waals surface area contributed by atoms with Crippen LogP contribution in [-0.4, -0.2) is 18.8 Å². The first-order valence-electron chi connectivity index (χ1n) is 6.32. The fraction of sp³-hybridized carbons (Fsp3) is 0.250. The molecular formula is C16H16Cl2O2. The molecule has 0 aliphatic heterocycles. The molecule has 0 saturated carbocycles. The second-order valence-electron chi connectivity index (χ2n) is 4.60. The predicted molar refractivity (Wildman–Crippen MR) is 83.0 cm³/mol. The van der Waals surface area contributed by atoms with Crippen molar-refractivity contribution in [2.24, 2.45) is 0 Å². The van der Waals surface area contributed by atoms with Crippen LogP contribution >= 0.6 is 23.2 Å². The monoisotopic (exact) mass is 310 g/mol. The molecule has 106 valence electrons. The highest BCUT2D eigenvalue weighted by atomic mass is 35.5. The third-order valence-corrected chi connectivity index (χ3v) is 3.83. The zero-order valence-corrected chi connectivity index (χ0v) is 12.7. The summed E-state index contributed by atoms with van der Waals surface area (Å²) in [4.78, 5) is 0. The van der Waals surface area contributed by atoms with Crippen molar-refractivity contribution in [3.8, 4) is 5.75 Å². The van der Waals surface area contributed by atoms with Crippen molar-refractivity contribution in [2.45, 2.75) is 12.3 Å². The molecule has 0 aliphatic rings. The summed E-state index contributed by atoms with van der Waals surface area (Å²) in [5, 5.41) is 10.8. The third kappa shape index (κ3) is 3.66. The number of benzene rings is 2. The standard InChI is InChI=1S/C16H16Cl2O2/c1-20-14-5-2-11(3-6-14)8-12(10-19)15-7-4-13(17)9-16(15)18/h2-7,9,12,19H,8,10H2,1H3/t12-/m0/s1. The van der Waals surface area contributed by atoms with Crippen molar-refractivity contribution in [1.29, 1.82) is 0 Å². The Labute approximate surface area is 128 Å². The molecule has 0 aliphatic carbocycles. The van der Waals surface area contributed by atoms with Crippen molar-refractivity contribution in [3.63, 3.8) is 0 Å². The first-order chi connectivity index (χ1) is 9.63. The van der Waals surface area contributed by atoms with Gasteiger partial charge in [-0.05, 0) is 41.8 Å². The second-order valence-corrected chi connectivity index (χ2v) is 5.44. The lowest BCUT2D eigenvalue weighted by Crippen LogP contribution is -2.08. The number of halogens is 2. The molecule has 0 radical (unpaired) electrons. The number of aliphatic hydroxyl groups excluding tert-OH is 1. The van der Waals surface area contributed by atoms with Crippen LogP contribution in [0.3, 0.4) is 0 Å². The normalized spacial score (nSPS) is 12.2. The predicted octanol–water partition coefficient (Wildman–Crippen LogP) is 4.32.